The molecule has 2 heterocycles. The summed E-state index contributed by atoms with van der Waals surface area (Å²) in [5.41, 5.74) is 3.19. The SMILES string of the molecule is Cc1cccc(N2C(=NC(=O)CC(C)C)S[C@H]3CS(=O)(=O)C[C@@H]32)c1C. The number of amidine groups is 1. The Morgan fingerprint density at radius 1 is 1.32 bits per heavy atom. The van der Waals surface area contributed by atoms with Crippen molar-refractivity contribution in [2.24, 2.45) is 10.9 Å². The van der Waals surface area contributed by atoms with Crippen LogP contribution in [0.2, 0.25) is 0 Å². The molecule has 2 aliphatic heterocycles. The molecule has 2 saturated heterocycles. The van der Waals surface area contributed by atoms with Gasteiger partial charge in [-0.1, -0.05) is 37.7 Å². The number of sulfone groups is 1. The lowest BCUT2D eigenvalue weighted by molar-refractivity contribution is -0.118. The predicted octanol–water partition coefficient (Wildman–Crippen LogP) is 2.95. The molecule has 0 saturated carbocycles. The summed E-state index contributed by atoms with van der Waals surface area (Å²) < 4.78 is 24.2. The molecule has 2 aliphatic rings. The molecule has 25 heavy (non-hydrogen) atoms. The molecule has 1 aromatic carbocycles. The highest BCUT2D eigenvalue weighted by Crippen LogP contribution is 2.42. The van der Waals surface area contributed by atoms with Crippen molar-refractivity contribution in [2.45, 2.75) is 45.4 Å². The first-order chi connectivity index (χ1) is 11.7. The molecular formula is C18H24N2O3S2. The molecule has 5 nitrogen and oxygen atoms in total. The van der Waals surface area contributed by atoms with Crippen LogP contribution in [-0.2, 0) is 14.6 Å². The van der Waals surface area contributed by atoms with Gasteiger partial charge in [0.1, 0.15) is 0 Å². The van der Waals surface area contributed by atoms with Gasteiger partial charge in [-0.15, -0.1) is 0 Å². The fourth-order valence-electron chi connectivity index (χ4n) is 3.34. The molecule has 0 radical (unpaired) electrons. The molecule has 2 fully saturated rings. The Bertz CT molecular complexity index is 831. The standard InChI is InChI=1S/C18H24N2O3S2/c1-11(2)8-17(21)19-18-20(14-7-5-6-12(3)13(14)4)15-9-25(22,23)10-16(15)24-18/h5-7,11,15-16H,8-10H2,1-4H3/t15-,16-/m0/s1. The zero-order valence-corrected chi connectivity index (χ0v) is 16.7. The maximum Gasteiger partial charge on any atom is 0.248 e. The van der Waals surface area contributed by atoms with E-state index >= 15 is 0 Å². The second-order valence-electron chi connectivity index (χ2n) is 7.28. The third kappa shape index (κ3) is 3.77. The van der Waals surface area contributed by atoms with Crippen LogP contribution in [0.1, 0.15) is 31.4 Å². The Kier molecular flexibility index (Phi) is 4.99. The first-order valence-electron chi connectivity index (χ1n) is 8.52. The van der Waals surface area contributed by atoms with Gasteiger partial charge in [-0.25, -0.2) is 8.42 Å². The highest BCUT2D eigenvalue weighted by Gasteiger charge is 2.49. The number of nitrogens with zero attached hydrogens (tertiary/aromatic N) is 2. The van der Waals surface area contributed by atoms with Gasteiger partial charge in [0.05, 0.1) is 17.5 Å². The average Bonchev–Trinajstić information content (AvgIpc) is 2.92. The van der Waals surface area contributed by atoms with Gasteiger partial charge in [0.25, 0.3) is 0 Å². The Morgan fingerprint density at radius 2 is 2.04 bits per heavy atom. The van der Waals surface area contributed by atoms with Crippen LogP contribution in [-0.4, -0.2) is 42.3 Å². The van der Waals surface area contributed by atoms with Crippen molar-refractivity contribution in [2.75, 3.05) is 16.4 Å². The minimum atomic E-state index is -3.04. The number of amides is 1. The van der Waals surface area contributed by atoms with E-state index in [9.17, 15) is 13.2 Å². The number of anilines is 1. The molecule has 0 aromatic heterocycles. The summed E-state index contributed by atoms with van der Waals surface area (Å²) in [5, 5.41) is 0.583. The number of aryl methyl sites for hydroxylation is 1. The van der Waals surface area contributed by atoms with Gasteiger partial charge >= 0.3 is 0 Å². The largest absolute Gasteiger partial charge is 0.315 e. The molecule has 3 rings (SSSR count). The van der Waals surface area contributed by atoms with E-state index in [1.54, 1.807) is 0 Å². The quantitative estimate of drug-likeness (QED) is 0.806. The second kappa shape index (κ2) is 6.76. The molecule has 1 amide bonds. The lowest BCUT2D eigenvalue weighted by Gasteiger charge is -2.27. The number of carbonyl (C=O) groups excluding carboxylic acids is 1. The molecular weight excluding hydrogens is 356 g/mol. The summed E-state index contributed by atoms with van der Waals surface area (Å²) in [6.45, 7) is 8.04. The van der Waals surface area contributed by atoms with Crippen LogP contribution >= 0.6 is 11.8 Å². The smallest absolute Gasteiger partial charge is 0.248 e. The molecule has 0 N–H and O–H groups in total. The minimum Gasteiger partial charge on any atom is -0.315 e. The number of hydrogen-bond acceptors (Lipinski definition) is 4. The third-order valence-corrected chi connectivity index (χ3v) is 7.92. The van der Waals surface area contributed by atoms with E-state index in [4.69, 9.17) is 0 Å². The van der Waals surface area contributed by atoms with Crippen molar-refractivity contribution in [1.82, 2.24) is 0 Å². The fraction of sp³-hybridized carbons (Fsp3) is 0.556. The van der Waals surface area contributed by atoms with E-state index in [-0.39, 0.29) is 34.6 Å². The molecule has 0 bridgehead atoms. The fourth-order valence-corrected chi connectivity index (χ4v) is 7.27. The first kappa shape index (κ1) is 18.5. The third-order valence-electron chi connectivity index (χ3n) is 4.71. The minimum absolute atomic E-state index is 0.0597. The summed E-state index contributed by atoms with van der Waals surface area (Å²) in [4.78, 5) is 18.6. The van der Waals surface area contributed by atoms with E-state index in [0.29, 0.717) is 11.6 Å². The number of benzene rings is 1. The van der Waals surface area contributed by atoms with Crippen molar-refractivity contribution < 1.29 is 13.2 Å². The van der Waals surface area contributed by atoms with E-state index in [1.165, 1.54) is 11.8 Å². The van der Waals surface area contributed by atoms with E-state index in [2.05, 4.69) is 4.99 Å². The molecule has 7 heteroatoms. The number of hydrogen-bond donors (Lipinski definition) is 0. The topological polar surface area (TPSA) is 66.8 Å². The van der Waals surface area contributed by atoms with E-state index < -0.39 is 9.84 Å². The van der Waals surface area contributed by atoms with Crippen LogP contribution in [0.3, 0.4) is 0 Å². The van der Waals surface area contributed by atoms with Gasteiger partial charge in [0.2, 0.25) is 5.91 Å². The van der Waals surface area contributed by atoms with Gasteiger partial charge in [0, 0.05) is 17.4 Å². The highest BCUT2D eigenvalue weighted by molar-refractivity contribution is 8.16. The molecule has 2 atom stereocenters. The van der Waals surface area contributed by atoms with E-state index in [0.717, 1.165) is 16.8 Å². The van der Waals surface area contributed by atoms with E-state index in [1.807, 2.05) is 50.8 Å². The predicted molar refractivity (Wildman–Crippen MR) is 104 cm³/mol. The molecule has 136 valence electrons. The number of rotatable bonds is 3. The molecule has 1 aromatic rings. The number of carbonyl (C=O) groups is 1. The summed E-state index contributed by atoms with van der Waals surface area (Å²) in [7, 11) is -3.04. The van der Waals surface area contributed by atoms with Crippen LogP contribution in [0.25, 0.3) is 0 Å². The lowest BCUT2D eigenvalue weighted by atomic mass is 10.1. The zero-order valence-electron chi connectivity index (χ0n) is 15.0. The Hall–Kier alpha value is -1.34. The molecule has 0 unspecified atom stereocenters. The van der Waals surface area contributed by atoms with Crippen LogP contribution in [0.5, 0.6) is 0 Å². The maximum absolute atomic E-state index is 12.2. The Labute approximate surface area is 153 Å². The highest BCUT2D eigenvalue weighted by atomic mass is 32.2. The number of fused-ring (bicyclic) bond motifs is 1. The first-order valence-corrected chi connectivity index (χ1v) is 11.2. The van der Waals surface area contributed by atoms with Crippen LogP contribution in [0.15, 0.2) is 23.2 Å². The van der Waals surface area contributed by atoms with Gasteiger partial charge in [0.15, 0.2) is 15.0 Å². The van der Waals surface area contributed by atoms with Crippen molar-refractivity contribution in [3.05, 3.63) is 29.3 Å². The normalized spacial score (nSPS) is 26.4. The molecule has 0 aliphatic carbocycles. The summed E-state index contributed by atoms with van der Waals surface area (Å²) >= 11 is 1.43. The van der Waals surface area contributed by atoms with Crippen LogP contribution in [0.4, 0.5) is 5.69 Å². The van der Waals surface area contributed by atoms with Crippen molar-refractivity contribution in [3.8, 4) is 0 Å². The second-order valence-corrected chi connectivity index (χ2v) is 10.6. The van der Waals surface area contributed by atoms with Crippen molar-refractivity contribution in [3.63, 3.8) is 0 Å². The molecule has 0 spiro atoms. The monoisotopic (exact) mass is 380 g/mol. The summed E-state index contributed by atoms with van der Waals surface area (Å²) in [5.74, 6) is 0.379. The zero-order chi connectivity index (χ0) is 18.4. The van der Waals surface area contributed by atoms with Gasteiger partial charge < -0.3 is 4.90 Å². The van der Waals surface area contributed by atoms with Gasteiger partial charge in [-0.3, -0.25) is 4.79 Å². The van der Waals surface area contributed by atoms with Crippen molar-refractivity contribution in [1.29, 1.82) is 0 Å². The Balaban J connectivity index is 2.02. The van der Waals surface area contributed by atoms with Gasteiger partial charge in [-0.2, -0.15) is 4.99 Å². The lowest BCUT2D eigenvalue weighted by Crippen LogP contribution is -2.38. The maximum atomic E-state index is 12.2. The average molecular weight is 381 g/mol. The Morgan fingerprint density at radius 3 is 2.72 bits per heavy atom. The van der Waals surface area contributed by atoms with Crippen molar-refractivity contribution >= 4 is 38.4 Å². The van der Waals surface area contributed by atoms with Crippen LogP contribution < -0.4 is 4.90 Å². The summed E-state index contributed by atoms with van der Waals surface area (Å²) in [6.07, 6.45) is 0.401. The number of aliphatic imine (C=N–C) groups is 1. The van der Waals surface area contributed by atoms with Crippen LogP contribution in [0, 0.1) is 19.8 Å². The summed E-state index contributed by atoms with van der Waals surface area (Å²) in [6, 6.07) is 5.83. The van der Waals surface area contributed by atoms with Gasteiger partial charge in [-0.05, 0) is 37.0 Å². The number of thioether (sulfide) groups is 1.